The van der Waals surface area contributed by atoms with Crippen LogP contribution in [0.4, 0.5) is 0 Å². The molecular formula is C17H26IN3O3. The van der Waals surface area contributed by atoms with E-state index in [-0.39, 0.29) is 29.6 Å². The molecule has 0 bridgehead atoms. The molecule has 2 aliphatic rings. The van der Waals surface area contributed by atoms with Gasteiger partial charge in [-0.25, -0.2) is 4.99 Å². The van der Waals surface area contributed by atoms with Crippen LogP contribution in [0.2, 0.25) is 0 Å². The highest BCUT2D eigenvalue weighted by Crippen LogP contribution is 2.32. The fourth-order valence-corrected chi connectivity index (χ4v) is 2.80. The van der Waals surface area contributed by atoms with Crippen molar-refractivity contribution in [1.82, 2.24) is 10.6 Å². The molecule has 7 heteroatoms. The van der Waals surface area contributed by atoms with Gasteiger partial charge in [0, 0.05) is 19.7 Å². The lowest BCUT2D eigenvalue weighted by atomic mass is 10.0. The first kappa shape index (κ1) is 19.1. The first-order valence-electron chi connectivity index (χ1n) is 8.23. The highest BCUT2D eigenvalue weighted by atomic mass is 127. The molecule has 0 radical (unpaired) electrons. The lowest BCUT2D eigenvalue weighted by molar-refractivity contribution is 0.0243. The summed E-state index contributed by atoms with van der Waals surface area (Å²) in [5.41, 5.74) is 1.00. The Hall–Kier alpha value is -1.22. The third-order valence-corrected chi connectivity index (χ3v) is 4.13. The molecule has 0 spiro atoms. The Balaban J connectivity index is 0.00000208. The van der Waals surface area contributed by atoms with Crippen molar-refractivity contribution in [2.45, 2.75) is 38.8 Å². The fourth-order valence-electron chi connectivity index (χ4n) is 2.80. The summed E-state index contributed by atoms with van der Waals surface area (Å²) in [6.07, 6.45) is 2.21. The number of aliphatic imine (C=N–C) groups is 1. The van der Waals surface area contributed by atoms with E-state index in [0.717, 1.165) is 55.6 Å². The van der Waals surface area contributed by atoms with E-state index in [1.807, 2.05) is 18.2 Å². The molecule has 3 rings (SSSR count). The number of hydrogen-bond donors (Lipinski definition) is 2. The highest BCUT2D eigenvalue weighted by Gasteiger charge is 2.29. The van der Waals surface area contributed by atoms with E-state index < -0.39 is 0 Å². The quantitative estimate of drug-likeness (QED) is 0.413. The largest absolute Gasteiger partial charge is 0.454 e. The van der Waals surface area contributed by atoms with Gasteiger partial charge in [-0.3, -0.25) is 0 Å². The summed E-state index contributed by atoms with van der Waals surface area (Å²) in [7, 11) is 0. The predicted molar refractivity (Wildman–Crippen MR) is 104 cm³/mol. The maximum absolute atomic E-state index is 5.81. The Kier molecular flexibility index (Phi) is 6.97. The molecule has 1 unspecified atom stereocenters. The van der Waals surface area contributed by atoms with Gasteiger partial charge in [0.2, 0.25) is 6.79 Å². The molecule has 24 heavy (non-hydrogen) atoms. The van der Waals surface area contributed by atoms with Gasteiger partial charge < -0.3 is 24.8 Å². The van der Waals surface area contributed by atoms with Gasteiger partial charge in [-0.1, -0.05) is 6.07 Å². The van der Waals surface area contributed by atoms with E-state index in [9.17, 15) is 0 Å². The summed E-state index contributed by atoms with van der Waals surface area (Å²) in [6, 6.07) is 5.93. The zero-order valence-corrected chi connectivity index (χ0v) is 16.6. The second-order valence-electron chi connectivity index (χ2n) is 6.14. The van der Waals surface area contributed by atoms with E-state index in [1.54, 1.807) is 0 Å². The van der Waals surface area contributed by atoms with E-state index in [4.69, 9.17) is 14.2 Å². The smallest absolute Gasteiger partial charge is 0.231 e. The Bertz CT molecular complexity index is 574. The maximum atomic E-state index is 5.81. The first-order chi connectivity index (χ1) is 11.2. The third-order valence-electron chi connectivity index (χ3n) is 4.13. The van der Waals surface area contributed by atoms with Crippen molar-refractivity contribution in [3.8, 4) is 11.5 Å². The van der Waals surface area contributed by atoms with Crippen LogP contribution in [0.25, 0.3) is 0 Å². The molecule has 0 amide bonds. The second-order valence-corrected chi connectivity index (χ2v) is 6.14. The van der Waals surface area contributed by atoms with E-state index in [2.05, 4.69) is 29.5 Å². The molecule has 2 N–H and O–H groups in total. The summed E-state index contributed by atoms with van der Waals surface area (Å²) >= 11 is 0. The molecule has 2 heterocycles. The second kappa shape index (κ2) is 8.75. The van der Waals surface area contributed by atoms with Crippen molar-refractivity contribution < 1.29 is 14.2 Å². The molecule has 0 aliphatic carbocycles. The van der Waals surface area contributed by atoms with Crippen molar-refractivity contribution in [3.05, 3.63) is 23.8 Å². The summed E-state index contributed by atoms with van der Waals surface area (Å²) < 4.78 is 16.5. The average molecular weight is 447 g/mol. The zero-order chi connectivity index (χ0) is 16.1. The number of benzene rings is 1. The topological polar surface area (TPSA) is 64.1 Å². The number of ether oxygens (including phenoxy) is 3. The highest BCUT2D eigenvalue weighted by molar-refractivity contribution is 14.0. The zero-order valence-electron chi connectivity index (χ0n) is 14.3. The van der Waals surface area contributed by atoms with Gasteiger partial charge in [-0.2, -0.15) is 0 Å². The Morgan fingerprint density at radius 1 is 1.25 bits per heavy atom. The minimum absolute atomic E-state index is 0. The fraction of sp³-hybridized carbons (Fsp3) is 0.588. The van der Waals surface area contributed by atoms with E-state index in [1.165, 1.54) is 0 Å². The predicted octanol–water partition coefficient (Wildman–Crippen LogP) is 2.66. The van der Waals surface area contributed by atoms with Crippen molar-refractivity contribution in [2.75, 3.05) is 26.5 Å². The maximum Gasteiger partial charge on any atom is 0.231 e. The summed E-state index contributed by atoms with van der Waals surface area (Å²) in [5, 5.41) is 6.66. The van der Waals surface area contributed by atoms with Crippen LogP contribution in [-0.4, -0.2) is 38.0 Å². The number of halogens is 1. The molecule has 1 saturated heterocycles. The molecule has 2 aliphatic heterocycles. The van der Waals surface area contributed by atoms with Gasteiger partial charge >= 0.3 is 0 Å². The monoisotopic (exact) mass is 447 g/mol. The van der Waals surface area contributed by atoms with Crippen LogP contribution in [0, 0.1) is 0 Å². The van der Waals surface area contributed by atoms with Gasteiger partial charge in [-0.05, 0) is 44.4 Å². The molecule has 1 fully saturated rings. The van der Waals surface area contributed by atoms with Crippen LogP contribution >= 0.6 is 24.0 Å². The van der Waals surface area contributed by atoms with Crippen LogP contribution < -0.4 is 20.1 Å². The Morgan fingerprint density at radius 3 is 2.83 bits per heavy atom. The summed E-state index contributed by atoms with van der Waals surface area (Å²) in [5.74, 6) is 2.40. The molecule has 1 aromatic rings. The molecule has 134 valence electrons. The lowest BCUT2D eigenvalue weighted by Gasteiger charge is -2.24. The number of nitrogens with zero attached hydrogens (tertiary/aromatic N) is 1. The van der Waals surface area contributed by atoms with Gasteiger partial charge in [0.1, 0.15) is 0 Å². The SMILES string of the molecule is CCNC(=NCc1ccc2c(c1)OCO2)NCC1(C)CCCO1.I. The van der Waals surface area contributed by atoms with Crippen molar-refractivity contribution in [3.63, 3.8) is 0 Å². The third kappa shape index (κ3) is 4.89. The minimum Gasteiger partial charge on any atom is -0.454 e. The summed E-state index contributed by atoms with van der Waals surface area (Å²) in [4.78, 5) is 4.64. The average Bonchev–Trinajstić information content (AvgIpc) is 3.19. The molecular weight excluding hydrogens is 421 g/mol. The van der Waals surface area contributed by atoms with E-state index >= 15 is 0 Å². The molecule has 6 nitrogen and oxygen atoms in total. The molecule has 1 aromatic carbocycles. The van der Waals surface area contributed by atoms with Crippen molar-refractivity contribution in [2.24, 2.45) is 4.99 Å². The molecule has 1 atom stereocenters. The van der Waals surface area contributed by atoms with Crippen LogP contribution in [-0.2, 0) is 11.3 Å². The molecule has 0 saturated carbocycles. The number of guanidine groups is 1. The van der Waals surface area contributed by atoms with Crippen molar-refractivity contribution in [1.29, 1.82) is 0 Å². The standard InChI is InChI=1S/C17H25N3O3.HI/c1-3-18-16(20-11-17(2)7-4-8-23-17)19-10-13-5-6-14-15(9-13)22-12-21-14;/h5-6,9H,3-4,7-8,10-12H2,1-2H3,(H2,18,19,20);1H. The van der Waals surface area contributed by atoms with Crippen LogP contribution in [0.5, 0.6) is 11.5 Å². The number of fused-ring (bicyclic) bond motifs is 1. The van der Waals surface area contributed by atoms with Gasteiger partial charge in [0.25, 0.3) is 0 Å². The van der Waals surface area contributed by atoms with Crippen LogP contribution in [0.1, 0.15) is 32.3 Å². The number of nitrogens with one attached hydrogen (secondary N) is 2. The number of rotatable bonds is 5. The number of hydrogen-bond acceptors (Lipinski definition) is 4. The Labute approximate surface area is 160 Å². The van der Waals surface area contributed by atoms with Gasteiger partial charge in [0.05, 0.1) is 12.1 Å². The Morgan fingerprint density at radius 2 is 2.08 bits per heavy atom. The van der Waals surface area contributed by atoms with Gasteiger partial charge in [-0.15, -0.1) is 24.0 Å². The summed E-state index contributed by atoms with van der Waals surface area (Å²) in [6.45, 7) is 7.53. The van der Waals surface area contributed by atoms with Crippen molar-refractivity contribution >= 4 is 29.9 Å². The normalized spacial score (nSPS) is 22.2. The van der Waals surface area contributed by atoms with E-state index in [0.29, 0.717) is 13.3 Å². The van der Waals surface area contributed by atoms with Crippen LogP contribution in [0.3, 0.4) is 0 Å². The molecule has 0 aromatic heterocycles. The minimum atomic E-state index is -0.0884. The van der Waals surface area contributed by atoms with Gasteiger partial charge in [0.15, 0.2) is 17.5 Å². The van der Waals surface area contributed by atoms with Crippen LogP contribution in [0.15, 0.2) is 23.2 Å². The first-order valence-corrected chi connectivity index (χ1v) is 8.23. The lowest BCUT2D eigenvalue weighted by Crippen LogP contribution is -2.45.